The van der Waals surface area contributed by atoms with Gasteiger partial charge in [0.2, 0.25) is 0 Å². The minimum absolute atomic E-state index is 0.690. The van der Waals surface area contributed by atoms with E-state index in [-0.39, 0.29) is 0 Å². The van der Waals surface area contributed by atoms with Crippen LogP contribution in [0.2, 0.25) is 0 Å². The molecule has 0 amide bonds. The number of hydrogen-bond acceptors (Lipinski definition) is 1. The molecule has 0 bridgehead atoms. The first-order valence-electron chi connectivity index (χ1n) is 5.45. The predicted octanol–water partition coefficient (Wildman–Crippen LogP) is 3.81. The van der Waals surface area contributed by atoms with Gasteiger partial charge in [-0.3, -0.25) is 0 Å². The van der Waals surface area contributed by atoms with Gasteiger partial charge in [-0.05, 0) is 30.5 Å². The molecule has 1 aromatic rings. The van der Waals surface area contributed by atoms with Crippen LogP contribution in [0, 0.1) is 12.8 Å². The van der Waals surface area contributed by atoms with Gasteiger partial charge in [-0.15, -0.1) is 0 Å². The van der Waals surface area contributed by atoms with Gasteiger partial charge in [0.25, 0.3) is 0 Å². The third-order valence-corrected chi connectivity index (χ3v) is 2.63. The minimum atomic E-state index is 0.690. The van der Waals surface area contributed by atoms with Crippen LogP contribution in [0.15, 0.2) is 24.3 Å². The van der Waals surface area contributed by atoms with Crippen LogP contribution in [0.25, 0.3) is 0 Å². The van der Waals surface area contributed by atoms with Crippen molar-refractivity contribution in [3.05, 3.63) is 29.8 Å². The molecule has 1 nitrogen and oxygen atoms in total. The third-order valence-electron chi connectivity index (χ3n) is 2.63. The van der Waals surface area contributed by atoms with Gasteiger partial charge in [-0.25, -0.2) is 0 Å². The Labute approximate surface area is 87.1 Å². The second-order valence-electron chi connectivity index (χ2n) is 3.81. The molecule has 0 saturated carbocycles. The van der Waals surface area contributed by atoms with Gasteiger partial charge in [0.05, 0.1) is 6.61 Å². The van der Waals surface area contributed by atoms with Gasteiger partial charge in [0, 0.05) is 0 Å². The highest BCUT2D eigenvalue weighted by molar-refractivity contribution is 5.27. The van der Waals surface area contributed by atoms with E-state index in [9.17, 15) is 0 Å². The zero-order valence-electron chi connectivity index (χ0n) is 9.42. The van der Waals surface area contributed by atoms with E-state index in [0.29, 0.717) is 5.92 Å². The maximum Gasteiger partial charge on any atom is 0.119 e. The quantitative estimate of drug-likeness (QED) is 0.689. The molecule has 0 aliphatic heterocycles. The highest BCUT2D eigenvalue weighted by Gasteiger charge is 2.03. The van der Waals surface area contributed by atoms with E-state index in [0.717, 1.165) is 12.4 Å². The SMILES string of the molecule is CCC(CC)COc1cccc(C)c1. The maximum absolute atomic E-state index is 5.73. The highest BCUT2D eigenvalue weighted by Crippen LogP contribution is 2.15. The Hall–Kier alpha value is -0.980. The van der Waals surface area contributed by atoms with Gasteiger partial charge in [0.15, 0.2) is 0 Å². The van der Waals surface area contributed by atoms with Crippen molar-refractivity contribution < 1.29 is 4.74 Å². The topological polar surface area (TPSA) is 9.23 Å². The molecule has 0 fully saturated rings. The Bertz CT molecular complexity index is 264. The molecule has 0 N–H and O–H groups in total. The lowest BCUT2D eigenvalue weighted by Crippen LogP contribution is -2.09. The summed E-state index contributed by atoms with van der Waals surface area (Å²) in [4.78, 5) is 0. The summed E-state index contributed by atoms with van der Waals surface area (Å²) in [6.07, 6.45) is 2.39. The number of benzene rings is 1. The van der Waals surface area contributed by atoms with Crippen molar-refractivity contribution in [3.63, 3.8) is 0 Å². The van der Waals surface area contributed by atoms with E-state index < -0.39 is 0 Å². The zero-order valence-corrected chi connectivity index (χ0v) is 9.42. The van der Waals surface area contributed by atoms with Gasteiger partial charge >= 0.3 is 0 Å². The van der Waals surface area contributed by atoms with Crippen LogP contribution in [0.1, 0.15) is 32.3 Å². The number of aryl methyl sites for hydroxylation is 1. The smallest absolute Gasteiger partial charge is 0.119 e. The van der Waals surface area contributed by atoms with Crippen LogP contribution in [-0.2, 0) is 0 Å². The first kappa shape index (κ1) is 11.1. The maximum atomic E-state index is 5.73. The van der Waals surface area contributed by atoms with E-state index in [4.69, 9.17) is 4.74 Å². The fourth-order valence-corrected chi connectivity index (χ4v) is 1.44. The summed E-state index contributed by atoms with van der Waals surface area (Å²) in [7, 11) is 0. The van der Waals surface area contributed by atoms with Crippen molar-refractivity contribution in [1.82, 2.24) is 0 Å². The van der Waals surface area contributed by atoms with Crippen LogP contribution in [-0.4, -0.2) is 6.61 Å². The summed E-state index contributed by atoms with van der Waals surface area (Å²) in [5.74, 6) is 1.69. The Morgan fingerprint density at radius 3 is 2.50 bits per heavy atom. The molecule has 0 radical (unpaired) electrons. The lowest BCUT2D eigenvalue weighted by Gasteiger charge is -2.13. The summed E-state index contributed by atoms with van der Waals surface area (Å²) in [6.45, 7) is 7.36. The molecule has 0 heterocycles. The highest BCUT2D eigenvalue weighted by atomic mass is 16.5. The minimum Gasteiger partial charge on any atom is -0.493 e. The Morgan fingerprint density at radius 1 is 1.21 bits per heavy atom. The molecular formula is C13H20O. The number of rotatable bonds is 5. The van der Waals surface area contributed by atoms with Gasteiger partial charge < -0.3 is 4.74 Å². The van der Waals surface area contributed by atoms with Crippen molar-refractivity contribution in [2.45, 2.75) is 33.6 Å². The molecule has 0 spiro atoms. The molecule has 78 valence electrons. The second-order valence-corrected chi connectivity index (χ2v) is 3.81. The molecule has 0 aliphatic rings. The lowest BCUT2D eigenvalue weighted by molar-refractivity contribution is 0.240. The Morgan fingerprint density at radius 2 is 1.93 bits per heavy atom. The van der Waals surface area contributed by atoms with Crippen molar-refractivity contribution in [1.29, 1.82) is 0 Å². The van der Waals surface area contributed by atoms with Gasteiger partial charge in [-0.1, -0.05) is 38.8 Å². The van der Waals surface area contributed by atoms with Crippen LogP contribution in [0.5, 0.6) is 5.75 Å². The molecular weight excluding hydrogens is 172 g/mol. The van der Waals surface area contributed by atoms with Crippen LogP contribution < -0.4 is 4.74 Å². The normalized spacial score (nSPS) is 10.6. The van der Waals surface area contributed by atoms with E-state index in [1.54, 1.807) is 0 Å². The number of hydrogen-bond donors (Lipinski definition) is 0. The summed E-state index contributed by atoms with van der Waals surface area (Å²) in [5, 5.41) is 0. The lowest BCUT2D eigenvalue weighted by atomic mass is 10.1. The Balaban J connectivity index is 2.44. The molecule has 1 rings (SSSR count). The van der Waals surface area contributed by atoms with E-state index in [1.165, 1.54) is 18.4 Å². The second kappa shape index (κ2) is 5.69. The van der Waals surface area contributed by atoms with Crippen LogP contribution >= 0.6 is 0 Å². The van der Waals surface area contributed by atoms with E-state index in [1.807, 2.05) is 12.1 Å². The summed E-state index contributed by atoms with van der Waals surface area (Å²) in [6, 6.07) is 8.24. The van der Waals surface area contributed by atoms with Crippen LogP contribution in [0.3, 0.4) is 0 Å². The average Bonchev–Trinajstić information content (AvgIpc) is 2.19. The predicted molar refractivity (Wildman–Crippen MR) is 60.7 cm³/mol. The molecule has 1 heteroatoms. The summed E-state index contributed by atoms with van der Waals surface area (Å²) >= 11 is 0. The van der Waals surface area contributed by atoms with Crippen molar-refractivity contribution in [2.24, 2.45) is 5.92 Å². The van der Waals surface area contributed by atoms with Crippen molar-refractivity contribution in [3.8, 4) is 5.75 Å². The summed E-state index contributed by atoms with van der Waals surface area (Å²) in [5.41, 5.74) is 1.26. The van der Waals surface area contributed by atoms with Crippen molar-refractivity contribution in [2.75, 3.05) is 6.61 Å². The number of ether oxygens (including phenoxy) is 1. The molecule has 0 atom stereocenters. The molecule has 0 aliphatic carbocycles. The summed E-state index contributed by atoms with van der Waals surface area (Å²) < 4.78 is 5.73. The van der Waals surface area contributed by atoms with E-state index >= 15 is 0 Å². The molecule has 0 saturated heterocycles. The fourth-order valence-electron chi connectivity index (χ4n) is 1.44. The Kier molecular flexibility index (Phi) is 4.51. The standard InChI is InChI=1S/C13H20O/c1-4-12(5-2)10-14-13-8-6-7-11(3)9-13/h6-9,12H,4-5,10H2,1-3H3. The van der Waals surface area contributed by atoms with Gasteiger partial charge in [-0.2, -0.15) is 0 Å². The monoisotopic (exact) mass is 192 g/mol. The van der Waals surface area contributed by atoms with E-state index in [2.05, 4.69) is 32.9 Å². The molecule has 0 aromatic heterocycles. The first-order chi connectivity index (χ1) is 6.76. The largest absolute Gasteiger partial charge is 0.493 e. The van der Waals surface area contributed by atoms with Crippen LogP contribution in [0.4, 0.5) is 0 Å². The van der Waals surface area contributed by atoms with Crippen molar-refractivity contribution >= 4 is 0 Å². The molecule has 0 unspecified atom stereocenters. The average molecular weight is 192 g/mol. The first-order valence-corrected chi connectivity index (χ1v) is 5.45. The molecule has 1 aromatic carbocycles. The third kappa shape index (κ3) is 3.41. The molecule has 14 heavy (non-hydrogen) atoms. The van der Waals surface area contributed by atoms with Gasteiger partial charge in [0.1, 0.15) is 5.75 Å². The fraction of sp³-hybridized carbons (Fsp3) is 0.538. The zero-order chi connectivity index (χ0) is 10.4.